The van der Waals surface area contributed by atoms with Crippen molar-refractivity contribution in [1.29, 1.82) is 0 Å². The minimum absolute atomic E-state index is 0.0532. The van der Waals surface area contributed by atoms with Crippen molar-refractivity contribution in [3.05, 3.63) is 30.3 Å². The minimum atomic E-state index is -0.227. The molecule has 1 aromatic rings. The summed E-state index contributed by atoms with van der Waals surface area (Å²) in [6.45, 7) is 10.6. The molecule has 0 spiro atoms. The lowest BCUT2D eigenvalue weighted by molar-refractivity contribution is -0.125. The van der Waals surface area contributed by atoms with E-state index in [-0.39, 0.29) is 23.5 Å². The summed E-state index contributed by atoms with van der Waals surface area (Å²) in [5.74, 6) is 0.629. The summed E-state index contributed by atoms with van der Waals surface area (Å²) in [4.78, 5) is 11.9. The minimum Gasteiger partial charge on any atom is -0.484 e. The summed E-state index contributed by atoms with van der Waals surface area (Å²) in [5.41, 5.74) is -0.0492. The predicted octanol–water partition coefficient (Wildman–Crippen LogP) is 3.40. The maximum Gasteiger partial charge on any atom is 0.258 e. The van der Waals surface area contributed by atoms with E-state index in [0.29, 0.717) is 5.75 Å². The topological polar surface area (TPSA) is 38.3 Å². The fourth-order valence-electron chi connectivity index (χ4n) is 2.45. The van der Waals surface area contributed by atoms with Crippen LogP contribution in [0.4, 0.5) is 0 Å². The standard InChI is InChI=1S/C16H25NO2/c1-15(2,3)12-16(4,5)17-14(18)11-19-13-9-7-6-8-10-13/h6-10H,11-12H2,1-5H3,(H,17,18). The van der Waals surface area contributed by atoms with E-state index in [1.807, 2.05) is 44.2 Å². The van der Waals surface area contributed by atoms with Crippen LogP contribution < -0.4 is 10.1 Å². The Labute approximate surface area is 116 Å². The molecule has 0 bridgehead atoms. The van der Waals surface area contributed by atoms with Crippen LogP contribution in [0.5, 0.6) is 5.75 Å². The van der Waals surface area contributed by atoms with E-state index in [1.54, 1.807) is 0 Å². The van der Waals surface area contributed by atoms with Gasteiger partial charge in [0.1, 0.15) is 5.75 Å². The van der Waals surface area contributed by atoms with Crippen LogP contribution in [-0.2, 0) is 4.79 Å². The molecule has 0 heterocycles. The van der Waals surface area contributed by atoms with Crippen molar-refractivity contribution in [1.82, 2.24) is 5.32 Å². The van der Waals surface area contributed by atoms with Gasteiger partial charge in [-0.1, -0.05) is 39.0 Å². The van der Waals surface area contributed by atoms with Gasteiger partial charge in [-0.3, -0.25) is 4.79 Å². The third-order valence-corrected chi connectivity index (χ3v) is 2.56. The largest absolute Gasteiger partial charge is 0.484 e. The van der Waals surface area contributed by atoms with Crippen LogP contribution in [0.1, 0.15) is 41.0 Å². The predicted molar refractivity (Wildman–Crippen MR) is 78.2 cm³/mol. The Kier molecular flexibility index (Phi) is 4.98. The van der Waals surface area contributed by atoms with Gasteiger partial charge in [-0.2, -0.15) is 0 Å². The molecule has 0 aliphatic carbocycles. The number of hydrogen-bond donors (Lipinski definition) is 1. The maximum absolute atomic E-state index is 11.9. The molecule has 1 amide bonds. The number of rotatable bonds is 5. The Morgan fingerprint density at radius 3 is 2.21 bits per heavy atom. The number of nitrogens with one attached hydrogen (secondary N) is 1. The summed E-state index contributed by atoms with van der Waals surface area (Å²) in [7, 11) is 0. The van der Waals surface area contributed by atoms with Gasteiger partial charge in [-0.25, -0.2) is 0 Å². The summed E-state index contributed by atoms with van der Waals surface area (Å²) < 4.78 is 5.43. The van der Waals surface area contributed by atoms with Crippen LogP contribution >= 0.6 is 0 Å². The summed E-state index contributed by atoms with van der Waals surface area (Å²) in [6.07, 6.45) is 0.914. The molecule has 3 nitrogen and oxygen atoms in total. The van der Waals surface area contributed by atoms with Gasteiger partial charge in [0.25, 0.3) is 5.91 Å². The Bertz CT molecular complexity index is 405. The first-order valence-electron chi connectivity index (χ1n) is 6.67. The van der Waals surface area contributed by atoms with Crippen molar-refractivity contribution >= 4 is 5.91 Å². The van der Waals surface area contributed by atoms with E-state index in [9.17, 15) is 4.79 Å². The molecule has 3 heteroatoms. The molecule has 0 saturated carbocycles. The first kappa shape index (κ1) is 15.5. The van der Waals surface area contributed by atoms with Gasteiger partial charge < -0.3 is 10.1 Å². The van der Waals surface area contributed by atoms with Crippen molar-refractivity contribution < 1.29 is 9.53 Å². The van der Waals surface area contributed by atoms with Crippen LogP contribution in [-0.4, -0.2) is 18.1 Å². The lowest BCUT2D eigenvalue weighted by Crippen LogP contribution is -2.47. The number of para-hydroxylation sites is 1. The quantitative estimate of drug-likeness (QED) is 0.884. The fourth-order valence-corrected chi connectivity index (χ4v) is 2.45. The molecule has 0 atom stereocenters. The lowest BCUT2D eigenvalue weighted by Gasteiger charge is -2.33. The van der Waals surface area contributed by atoms with Gasteiger partial charge >= 0.3 is 0 Å². The Balaban J connectivity index is 2.43. The molecule has 1 rings (SSSR count). The third-order valence-electron chi connectivity index (χ3n) is 2.56. The zero-order valence-corrected chi connectivity index (χ0v) is 12.6. The molecule has 106 valence electrons. The first-order valence-corrected chi connectivity index (χ1v) is 6.67. The molecule has 0 aliphatic heterocycles. The SMILES string of the molecule is CC(C)(C)CC(C)(C)NC(=O)COc1ccccc1. The van der Waals surface area contributed by atoms with E-state index in [0.717, 1.165) is 6.42 Å². The fraction of sp³-hybridized carbons (Fsp3) is 0.562. The Morgan fingerprint density at radius 2 is 1.68 bits per heavy atom. The van der Waals surface area contributed by atoms with Crippen LogP contribution in [0.25, 0.3) is 0 Å². The third kappa shape index (κ3) is 6.85. The molecule has 0 unspecified atom stereocenters. The Morgan fingerprint density at radius 1 is 1.11 bits per heavy atom. The maximum atomic E-state index is 11.9. The van der Waals surface area contributed by atoms with E-state index in [1.165, 1.54) is 0 Å². The second-order valence-corrected chi connectivity index (χ2v) is 6.77. The lowest BCUT2D eigenvalue weighted by atomic mass is 9.82. The number of ether oxygens (including phenoxy) is 1. The number of benzene rings is 1. The van der Waals surface area contributed by atoms with Crippen LogP contribution in [0.3, 0.4) is 0 Å². The smallest absolute Gasteiger partial charge is 0.258 e. The van der Waals surface area contributed by atoms with Crippen LogP contribution in [0, 0.1) is 5.41 Å². The number of hydrogen-bond acceptors (Lipinski definition) is 2. The average Bonchev–Trinajstić information content (AvgIpc) is 2.23. The van der Waals surface area contributed by atoms with Crippen LogP contribution in [0.15, 0.2) is 30.3 Å². The van der Waals surface area contributed by atoms with E-state index >= 15 is 0 Å². The van der Waals surface area contributed by atoms with Gasteiger partial charge in [-0.15, -0.1) is 0 Å². The highest BCUT2D eigenvalue weighted by Crippen LogP contribution is 2.26. The number of amides is 1. The normalized spacial score (nSPS) is 12.1. The number of carbonyl (C=O) groups is 1. The second-order valence-electron chi connectivity index (χ2n) is 6.77. The van der Waals surface area contributed by atoms with Crippen LogP contribution in [0.2, 0.25) is 0 Å². The molecule has 0 aliphatic rings. The van der Waals surface area contributed by atoms with Crippen molar-refractivity contribution in [2.45, 2.75) is 46.6 Å². The average molecular weight is 263 g/mol. The molecule has 0 aromatic heterocycles. The van der Waals surface area contributed by atoms with Crippen molar-refractivity contribution in [2.24, 2.45) is 5.41 Å². The summed E-state index contributed by atoms with van der Waals surface area (Å²) >= 11 is 0. The van der Waals surface area contributed by atoms with Crippen molar-refractivity contribution in [3.63, 3.8) is 0 Å². The van der Waals surface area contributed by atoms with E-state index in [4.69, 9.17) is 4.74 Å². The van der Waals surface area contributed by atoms with Gasteiger partial charge in [0.2, 0.25) is 0 Å². The molecular weight excluding hydrogens is 238 g/mol. The monoisotopic (exact) mass is 263 g/mol. The molecule has 19 heavy (non-hydrogen) atoms. The van der Waals surface area contributed by atoms with E-state index in [2.05, 4.69) is 26.1 Å². The highest BCUT2D eigenvalue weighted by atomic mass is 16.5. The molecule has 1 N–H and O–H groups in total. The zero-order valence-electron chi connectivity index (χ0n) is 12.6. The second kappa shape index (κ2) is 6.09. The first-order chi connectivity index (χ1) is 8.68. The highest BCUT2D eigenvalue weighted by molar-refractivity contribution is 5.78. The Hall–Kier alpha value is -1.51. The molecule has 1 aromatic carbocycles. The van der Waals surface area contributed by atoms with Gasteiger partial charge in [0, 0.05) is 5.54 Å². The molecule has 0 fully saturated rings. The van der Waals surface area contributed by atoms with Gasteiger partial charge in [0.15, 0.2) is 6.61 Å². The molecule has 0 radical (unpaired) electrons. The number of carbonyl (C=O) groups excluding carboxylic acids is 1. The van der Waals surface area contributed by atoms with Crippen molar-refractivity contribution in [2.75, 3.05) is 6.61 Å². The zero-order chi connectivity index (χ0) is 14.5. The van der Waals surface area contributed by atoms with Crippen molar-refractivity contribution in [3.8, 4) is 5.75 Å². The van der Waals surface area contributed by atoms with Gasteiger partial charge in [-0.05, 0) is 37.8 Å². The highest BCUT2D eigenvalue weighted by Gasteiger charge is 2.26. The summed E-state index contributed by atoms with van der Waals surface area (Å²) in [5, 5.41) is 3.02. The van der Waals surface area contributed by atoms with Gasteiger partial charge in [0.05, 0.1) is 0 Å². The van der Waals surface area contributed by atoms with E-state index < -0.39 is 0 Å². The summed E-state index contributed by atoms with van der Waals surface area (Å²) in [6, 6.07) is 9.37. The molecular formula is C16H25NO2. The molecule has 0 saturated heterocycles.